The van der Waals surface area contributed by atoms with Gasteiger partial charge in [0.25, 0.3) is 0 Å². The molecule has 0 saturated heterocycles. The summed E-state index contributed by atoms with van der Waals surface area (Å²) in [6.07, 6.45) is 4.63. The van der Waals surface area contributed by atoms with E-state index in [1.54, 1.807) is 0 Å². The fraction of sp³-hybridized carbons (Fsp3) is 0.385. The van der Waals surface area contributed by atoms with E-state index in [2.05, 4.69) is 42.0 Å². The summed E-state index contributed by atoms with van der Waals surface area (Å²) in [5, 5.41) is 1.31. The number of aromatic nitrogens is 1. The van der Waals surface area contributed by atoms with E-state index in [-0.39, 0.29) is 0 Å². The Labute approximate surface area is 90.7 Å². The standard InChI is InChI=1S/C13H18N2/c1-2-3-7-15-8-6-12-5-4-11(10-14)9-13(12)15/h4-6,8-9H,2-3,7,10,14H2,1H3. The van der Waals surface area contributed by atoms with Gasteiger partial charge >= 0.3 is 0 Å². The van der Waals surface area contributed by atoms with Gasteiger partial charge in [0.15, 0.2) is 0 Å². The first kappa shape index (κ1) is 10.2. The van der Waals surface area contributed by atoms with E-state index < -0.39 is 0 Å². The lowest BCUT2D eigenvalue weighted by atomic mass is 10.1. The Morgan fingerprint density at radius 3 is 2.87 bits per heavy atom. The van der Waals surface area contributed by atoms with Crippen LogP contribution in [0.2, 0.25) is 0 Å². The topological polar surface area (TPSA) is 30.9 Å². The second-order valence-corrected chi connectivity index (χ2v) is 3.96. The van der Waals surface area contributed by atoms with E-state index in [1.807, 2.05) is 0 Å². The summed E-state index contributed by atoms with van der Waals surface area (Å²) in [5.74, 6) is 0. The van der Waals surface area contributed by atoms with Gasteiger partial charge in [-0.25, -0.2) is 0 Å². The zero-order valence-electron chi connectivity index (χ0n) is 9.24. The average molecular weight is 202 g/mol. The number of hydrogen-bond donors (Lipinski definition) is 1. The van der Waals surface area contributed by atoms with E-state index in [1.165, 1.54) is 29.3 Å². The number of hydrogen-bond acceptors (Lipinski definition) is 1. The van der Waals surface area contributed by atoms with E-state index in [4.69, 9.17) is 5.73 Å². The molecule has 1 aromatic heterocycles. The first-order chi connectivity index (χ1) is 7.35. The number of benzene rings is 1. The molecule has 0 aliphatic carbocycles. The largest absolute Gasteiger partial charge is 0.347 e. The molecule has 2 rings (SSSR count). The van der Waals surface area contributed by atoms with Crippen molar-refractivity contribution in [1.29, 1.82) is 0 Å². The molecule has 2 N–H and O–H groups in total. The number of nitrogens with two attached hydrogens (primary N) is 1. The maximum atomic E-state index is 5.65. The van der Waals surface area contributed by atoms with Crippen LogP contribution in [0.15, 0.2) is 30.5 Å². The Morgan fingerprint density at radius 1 is 1.27 bits per heavy atom. The van der Waals surface area contributed by atoms with E-state index in [9.17, 15) is 0 Å². The van der Waals surface area contributed by atoms with Gasteiger partial charge in [-0.1, -0.05) is 25.5 Å². The van der Waals surface area contributed by atoms with Gasteiger partial charge in [0, 0.05) is 24.8 Å². The molecule has 1 heterocycles. The summed E-state index contributed by atoms with van der Waals surface area (Å²) < 4.78 is 2.32. The zero-order valence-corrected chi connectivity index (χ0v) is 9.24. The molecule has 0 unspecified atom stereocenters. The van der Waals surface area contributed by atoms with Crippen LogP contribution in [0.1, 0.15) is 25.3 Å². The smallest absolute Gasteiger partial charge is 0.0483 e. The second-order valence-electron chi connectivity index (χ2n) is 3.96. The van der Waals surface area contributed by atoms with Crippen molar-refractivity contribution < 1.29 is 0 Å². The predicted molar refractivity (Wildman–Crippen MR) is 64.7 cm³/mol. The molecule has 0 aliphatic heterocycles. The Hall–Kier alpha value is -1.28. The fourth-order valence-corrected chi connectivity index (χ4v) is 1.88. The Balaban J connectivity index is 2.38. The van der Waals surface area contributed by atoms with Crippen molar-refractivity contribution in [1.82, 2.24) is 4.57 Å². The Bertz CT molecular complexity index is 443. The van der Waals surface area contributed by atoms with Crippen LogP contribution in [-0.2, 0) is 13.1 Å². The molecule has 0 aliphatic rings. The van der Waals surface area contributed by atoms with Crippen molar-refractivity contribution in [3.05, 3.63) is 36.0 Å². The molecule has 0 fully saturated rings. The van der Waals surface area contributed by atoms with Gasteiger partial charge in [-0.3, -0.25) is 0 Å². The van der Waals surface area contributed by atoms with E-state index in [0.29, 0.717) is 6.54 Å². The minimum atomic E-state index is 0.620. The highest BCUT2D eigenvalue weighted by Gasteiger charge is 2.01. The van der Waals surface area contributed by atoms with Crippen LogP contribution >= 0.6 is 0 Å². The SMILES string of the molecule is CCCCn1ccc2ccc(CN)cc21. The average Bonchev–Trinajstić information content (AvgIpc) is 2.68. The van der Waals surface area contributed by atoms with Crippen LogP contribution in [0.5, 0.6) is 0 Å². The van der Waals surface area contributed by atoms with Crippen LogP contribution in [0.25, 0.3) is 10.9 Å². The Kier molecular flexibility index (Phi) is 3.07. The number of fused-ring (bicyclic) bond motifs is 1. The summed E-state index contributed by atoms with van der Waals surface area (Å²) in [7, 11) is 0. The molecule has 2 heteroatoms. The van der Waals surface area contributed by atoms with Crippen molar-refractivity contribution in [2.24, 2.45) is 5.73 Å². The van der Waals surface area contributed by atoms with Crippen molar-refractivity contribution in [2.75, 3.05) is 0 Å². The molecule has 1 aromatic carbocycles. The highest BCUT2D eigenvalue weighted by Crippen LogP contribution is 2.18. The summed E-state index contributed by atoms with van der Waals surface area (Å²) in [5.41, 5.74) is 8.17. The molecule has 2 aromatic rings. The quantitative estimate of drug-likeness (QED) is 0.812. The minimum Gasteiger partial charge on any atom is -0.347 e. The van der Waals surface area contributed by atoms with E-state index in [0.717, 1.165) is 6.54 Å². The Morgan fingerprint density at radius 2 is 2.13 bits per heavy atom. The predicted octanol–water partition coefficient (Wildman–Crippen LogP) is 2.90. The van der Waals surface area contributed by atoms with Gasteiger partial charge in [0.05, 0.1) is 0 Å². The third kappa shape index (κ3) is 2.05. The minimum absolute atomic E-state index is 0.620. The maximum absolute atomic E-state index is 5.65. The lowest BCUT2D eigenvalue weighted by molar-refractivity contribution is 0.650. The number of nitrogens with zero attached hydrogens (tertiary/aromatic N) is 1. The van der Waals surface area contributed by atoms with Crippen LogP contribution in [0, 0.1) is 0 Å². The molecule has 80 valence electrons. The molecular weight excluding hydrogens is 184 g/mol. The van der Waals surface area contributed by atoms with Crippen molar-refractivity contribution >= 4 is 10.9 Å². The third-order valence-corrected chi connectivity index (χ3v) is 2.83. The highest BCUT2D eigenvalue weighted by molar-refractivity contribution is 5.80. The molecule has 0 spiro atoms. The molecule has 15 heavy (non-hydrogen) atoms. The van der Waals surface area contributed by atoms with Gasteiger partial charge < -0.3 is 10.3 Å². The summed E-state index contributed by atoms with van der Waals surface area (Å²) in [6.45, 7) is 3.94. The zero-order chi connectivity index (χ0) is 10.7. The van der Waals surface area contributed by atoms with Crippen molar-refractivity contribution in [2.45, 2.75) is 32.9 Å². The first-order valence-electron chi connectivity index (χ1n) is 5.63. The highest BCUT2D eigenvalue weighted by atomic mass is 14.9. The van der Waals surface area contributed by atoms with Crippen LogP contribution < -0.4 is 5.73 Å². The number of unbranched alkanes of at least 4 members (excludes halogenated alkanes) is 1. The van der Waals surface area contributed by atoms with Crippen molar-refractivity contribution in [3.8, 4) is 0 Å². The molecule has 2 nitrogen and oxygen atoms in total. The van der Waals surface area contributed by atoms with Gasteiger partial charge in [-0.2, -0.15) is 0 Å². The molecular formula is C13H18N2. The van der Waals surface area contributed by atoms with Crippen LogP contribution in [-0.4, -0.2) is 4.57 Å². The molecule has 0 atom stereocenters. The van der Waals surface area contributed by atoms with Gasteiger partial charge in [0.1, 0.15) is 0 Å². The number of aryl methyl sites for hydroxylation is 1. The van der Waals surface area contributed by atoms with Gasteiger partial charge in [0.2, 0.25) is 0 Å². The van der Waals surface area contributed by atoms with Crippen molar-refractivity contribution in [3.63, 3.8) is 0 Å². The first-order valence-corrected chi connectivity index (χ1v) is 5.63. The van der Waals surface area contributed by atoms with Gasteiger partial charge in [-0.05, 0) is 29.5 Å². The normalized spacial score (nSPS) is 11.1. The van der Waals surface area contributed by atoms with Crippen LogP contribution in [0.4, 0.5) is 0 Å². The lowest BCUT2D eigenvalue weighted by Gasteiger charge is -2.05. The summed E-state index contributed by atoms with van der Waals surface area (Å²) in [6, 6.07) is 8.63. The second kappa shape index (κ2) is 4.49. The molecule has 0 bridgehead atoms. The fourth-order valence-electron chi connectivity index (χ4n) is 1.88. The van der Waals surface area contributed by atoms with Crippen LogP contribution in [0.3, 0.4) is 0 Å². The third-order valence-electron chi connectivity index (χ3n) is 2.83. The van der Waals surface area contributed by atoms with Gasteiger partial charge in [-0.15, -0.1) is 0 Å². The lowest BCUT2D eigenvalue weighted by Crippen LogP contribution is -1.98. The van der Waals surface area contributed by atoms with E-state index >= 15 is 0 Å². The monoisotopic (exact) mass is 202 g/mol. The molecule has 0 radical (unpaired) electrons. The summed E-state index contributed by atoms with van der Waals surface area (Å²) >= 11 is 0. The molecule has 0 amide bonds. The maximum Gasteiger partial charge on any atom is 0.0483 e. The molecule has 0 saturated carbocycles. The summed E-state index contributed by atoms with van der Waals surface area (Å²) in [4.78, 5) is 0. The number of rotatable bonds is 4.